The first kappa shape index (κ1) is 12.0. The standard InChI is InChI=1S/C13H19NO4/c15-12(9-5-6-10(18-9)13(16)17)14-11(7-1-2-7)8-3-4-8/h7-11H,1-6H2,(H,14,15)(H,16,17). The molecule has 0 aromatic heterocycles. The molecule has 2 unspecified atom stereocenters. The molecule has 3 fully saturated rings. The summed E-state index contributed by atoms with van der Waals surface area (Å²) < 4.78 is 5.27. The topological polar surface area (TPSA) is 75.6 Å². The smallest absolute Gasteiger partial charge is 0.332 e. The second kappa shape index (κ2) is 4.53. The van der Waals surface area contributed by atoms with Crippen LogP contribution in [0.2, 0.25) is 0 Å². The molecular formula is C13H19NO4. The highest BCUT2D eigenvalue weighted by Crippen LogP contribution is 2.44. The van der Waals surface area contributed by atoms with E-state index in [9.17, 15) is 9.59 Å². The van der Waals surface area contributed by atoms with Gasteiger partial charge < -0.3 is 15.2 Å². The Morgan fingerprint density at radius 3 is 2.00 bits per heavy atom. The van der Waals surface area contributed by atoms with E-state index in [2.05, 4.69) is 5.32 Å². The van der Waals surface area contributed by atoms with Gasteiger partial charge in [-0.2, -0.15) is 0 Å². The number of aliphatic carboxylic acids is 1. The molecule has 0 radical (unpaired) electrons. The number of amides is 1. The second-order valence-electron chi connectivity index (χ2n) is 5.74. The van der Waals surface area contributed by atoms with Gasteiger partial charge in [-0.25, -0.2) is 4.79 Å². The Morgan fingerprint density at radius 1 is 1.00 bits per heavy atom. The predicted molar refractivity (Wildman–Crippen MR) is 62.9 cm³/mol. The van der Waals surface area contributed by atoms with Gasteiger partial charge in [-0.15, -0.1) is 0 Å². The Bertz CT molecular complexity index is 350. The fraction of sp³-hybridized carbons (Fsp3) is 0.846. The van der Waals surface area contributed by atoms with E-state index in [0.29, 0.717) is 30.7 Å². The van der Waals surface area contributed by atoms with Crippen LogP contribution in [-0.2, 0) is 14.3 Å². The van der Waals surface area contributed by atoms with Gasteiger partial charge >= 0.3 is 5.97 Å². The minimum Gasteiger partial charge on any atom is -0.479 e. The van der Waals surface area contributed by atoms with Gasteiger partial charge in [0, 0.05) is 6.04 Å². The minimum absolute atomic E-state index is 0.109. The van der Waals surface area contributed by atoms with Gasteiger partial charge in [-0.05, 0) is 50.4 Å². The SMILES string of the molecule is O=C(O)C1CCC(C(=O)NC(C2CC2)C2CC2)O1. The molecule has 2 N–H and O–H groups in total. The summed E-state index contributed by atoms with van der Waals surface area (Å²) in [6.45, 7) is 0. The Kier molecular flexibility index (Phi) is 3.01. The average molecular weight is 253 g/mol. The van der Waals surface area contributed by atoms with Gasteiger partial charge in [-0.1, -0.05) is 0 Å². The number of hydrogen-bond donors (Lipinski definition) is 2. The summed E-state index contributed by atoms with van der Waals surface area (Å²) in [6.07, 6.45) is 4.44. The summed E-state index contributed by atoms with van der Waals surface area (Å²) in [5.74, 6) is 0.227. The fourth-order valence-corrected chi connectivity index (χ4v) is 2.80. The Balaban J connectivity index is 1.53. The maximum absolute atomic E-state index is 12.1. The summed E-state index contributed by atoms with van der Waals surface area (Å²) in [6, 6.07) is 0.310. The van der Waals surface area contributed by atoms with Crippen LogP contribution >= 0.6 is 0 Å². The van der Waals surface area contributed by atoms with E-state index in [4.69, 9.17) is 9.84 Å². The molecule has 1 saturated heterocycles. The van der Waals surface area contributed by atoms with Crippen molar-refractivity contribution in [3.63, 3.8) is 0 Å². The van der Waals surface area contributed by atoms with Gasteiger partial charge in [0.2, 0.25) is 5.91 Å². The van der Waals surface area contributed by atoms with E-state index in [1.54, 1.807) is 0 Å². The highest BCUT2D eigenvalue weighted by atomic mass is 16.5. The second-order valence-corrected chi connectivity index (χ2v) is 5.74. The summed E-state index contributed by atoms with van der Waals surface area (Å²) in [5.41, 5.74) is 0. The molecule has 0 bridgehead atoms. The summed E-state index contributed by atoms with van der Waals surface area (Å²) in [4.78, 5) is 22.8. The maximum atomic E-state index is 12.1. The summed E-state index contributed by atoms with van der Waals surface area (Å²) >= 11 is 0. The number of rotatable bonds is 5. The van der Waals surface area contributed by atoms with Crippen molar-refractivity contribution in [2.75, 3.05) is 0 Å². The molecule has 18 heavy (non-hydrogen) atoms. The van der Waals surface area contributed by atoms with Crippen molar-refractivity contribution in [3.8, 4) is 0 Å². The normalized spacial score (nSPS) is 31.6. The van der Waals surface area contributed by atoms with Crippen LogP contribution < -0.4 is 5.32 Å². The van der Waals surface area contributed by atoms with Crippen LogP contribution in [0.4, 0.5) is 0 Å². The lowest BCUT2D eigenvalue weighted by Gasteiger charge is -2.20. The molecule has 5 nitrogen and oxygen atoms in total. The molecule has 100 valence electrons. The molecule has 2 aliphatic carbocycles. The summed E-state index contributed by atoms with van der Waals surface area (Å²) in [5, 5.41) is 11.9. The van der Waals surface area contributed by atoms with Gasteiger partial charge in [0.15, 0.2) is 6.10 Å². The fourth-order valence-electron chi connectivity index (χ4n) is 2.80. The lowest BCUT2D eigenvalue weighted by Crippen LogP contribution is -2.44. The molecular weight excluding hydrogens is 234 g/mol. The number of carbonyl (C=O) groups is 2. The van der Waals surface area contributed by atoms with Crippen LogP contribution in [0.25, 0.3) is 0 Å². The van der Waals surface area contributed by atoms with Crippen molar-refractivity contribution >= 4 is 11.9 Å². The van der Waals surface area contributed by atoms with E-state index in [1.807, 2.05) is 0 Å². The monoisotopic (exact) mass is 253 g/mol. The highest BCUT2D eigenvalue weighted by Gasteiger charge is 2.44. The van der Waals surface area contributed by atoms with E-state index >= 15 is 0 Å². The van der Waals surface area contributed by atoms with Crippen LogP contribution in [0.15, 0.2) is 0 Å². The number of carboxylic acid groups (broad SMARTS) is 1. The zero-order chi connectivity index (χ0) is 12.7. The van der Waals surface area contributed by atoms with Gasteiger partial charge in [0.05, 0.1) is 0 Å². The average Bonchev–Trinajstić information content (AvgIpc) is 3.24. The molecule has 2 atom stereocenters. The first-order chi connectivity index (χ1) is 8.65. The first-order valence-electron chi connectivity index (χ1n) is 6.84. The van der Waals surface area contributed by atoms with E-state index < -0.39 is 18.2 Å². The van der Waals surface area contributed by atoms with Crippen molar-refractivity contribution in [1.29, 1.82) is 0 Å². The summed E-state index contributed by atoms with van der Waals surface area (Å²) in [7, 11) is 0. The number of nitrogens with one attached hydrogen (secondary N) is 1. The number of hydrogen-bond acceptors (Lipinski definition) is 3. The molecule has 3 aliphatic rings. The molecule has 5 heteroatoms. The van der Waals surface area contributed by atoms with Crippen LogP contribution in [0.1, 0.15) is 38.5 Å². The van der Waals surface area contributed by atoms with Crippen LogP contribution in [0.5, 0.6) is 0 Å². The maximum Gasteiger partial charge on any atom is 0.332 e. The quantitative estimate of drug-likeness (QED) is 0.764. The molecule has 3 rings (SSSR count). The lowest BCUT2D eigenvalue weighted by molar-refractivity contribution is -0.152. The number of carbonyl (C=O) groups excluding carboxylic acids is 1. The first-order valence-corrected chi connectivity index (χ1v) is 6.84. The highest BCUT2D eigenvalue weighted by molar-refractivity contribution is 5.83. The molecule has 0 aromatic carbocycles. The molecule has 2 saturated carbocycles. The van der Waals surface area contributed by atoms with Crippen LogP contribution in [0.3, 0.4) is 0 Å². The largest absolute Gasteiger partial charge is 0.479 e. The van der Waals surface area contributed by atoms with E-state index in [-0.39, 0.29) is 5.91 Å². The Labute approximate surface area is 106 Å². The zero-order valence-corrected chi connectivity index (χ0v) is 10.3. The molecule has 1 aliphatic heterocycles. The zero-order valence-electron chi connectivity index (χ0n) is 10.3. The van der Waals surface area contributed by atoms with Crippen LogP contribution in [0, 0.1) is 11.8 Å². The van der Waals surface area contributed by atoms with E-state index in [0.717, 1.165) is 0 Å². The molecule has 0 spiro atoms. The van der Waals surface area contributed by atoms with Gasteiger partial charge in [0.1, 0.15) is 6.10 Å². The van der Waals surface area contributed by atoms with Crippen molar-refractivity contribution in [2.24, 2.45) is 11.8 Å². The van der Waals surface area contributed by atoms with Gasteiger partial charge in [-0.3, -0.25) is 4.79 Å². The van der Waals surface area contributed by atoms with Crippen LogP contribution in [-0.4, -0.2) is 35.2 Å². The third-order valence-corrected chi connectivity index (χ3v) is 4.16. The predicted octanol–water partition coefficient (Wildman–Crippen LogP) is 0.923. The van der Waals surface area contributed by atoms with Gasteiger partial charge in [0.25, 0.3) is 0 Å². The third-order valence-electron chi connectivity index (χ3n) is 4.16. The van der Waals surface area contributed by atoms with Crippen molar-refractivity contribution < 1.29 is 19.4 Å². The molecule has 1 heterocycles. The number of ether oxygens (including phenoxy) is 1. The van der Waals surface area contributed by atoms with Crippen molar-refractivity contribution in [3.05, 3.63) is 0 Å². The van der Waals surface area contributed by atoms with Crippen molar-refractivity contribution in [2.45, 2.75) is 56.8 Å². The van der Waals surface area contributed by atoms with E-state index in [1.165, 1.54) is 25.7 Å². The molecule has 0 aromatic rings. The number of carboxylic acids is 1. The lowest BCUT2D eigenvalue weighted by atomic mass is 10.1. The van der Waals surface area contributed by atoms with Crippen molar-refractivity contribution in [1.82, 2.24) is 5.32 Å². The Hall–Kier alpha value is -1.10. The Morgan fingerprint density at radius 2 is 1.56 bits per heavy atom. The molecule has 1 amide bonds. The third kappa shape index (κ3) is 2.51. The minimum atomic E-state index is -0.966.